The Morgan fingerprint density at radius 3 is 2.52 bits per heavy atom. The van der Waals surface area contributed by atoms with Gasteiger partial charge in [0.1, 0.15) is 12.4 Å². The molecule has 0 radical (unpaired) electrons. The molecule has 1 atom stereocenters. The second-order valence-corrected chi connectivity index (χ2v) is 6.15. The molecule has 0 spiro atoms. The van der Waals surface area contributed by atoms with Gasteiger partial charge in [0.05, 0.1) is 0 Å². The average Bonchev–Trinajstić information content (AvgIpc) is 2.48. The van der Waals surface area contributed by atoms with E-state index in [1.165, 1.54) is 16.7 Å². The molecule has 1 N–H and O–H groups in total. The van der Waals surface area contributed by atoms with Crippen molar-refractivity contribution >= 4 is 15.9 Å². The summed E-state index contributed by atoms with van der Waals surface area (Å²) in [6.07, 6.45) is 0. The van der Waals surface area contributed by atoms with E-state index >= 15 is 0 Å². The Balaban J connectivity index is 2.13. The van der Waals surface area contributed by atoms with Gasteiger partial charge in [-0.3, -0.25) is 0 Å². The zero-order valence-electron chi connectivity index (χ0n) is 12.8. The summed E-state index contributed by atoms with van der Waals surface area (Å²) in [6, 6.07) is 14.9. The van der Waals surface area contributed by atoms with Crippen LogP contribution in [0.5, 0.6) is 5.75 Å². The van der Waals surface area contributed by atoms with Crippen molar-refractivity contribution in [1.29, 1.82) is 0 Å². The first kappa shape index (κ1) is 16.1. The molecular weight excluding hydrogens is 326 g/mol. The zero-order chi connectivity index (χ0) is 15.2. The van der Waals surface area contributed by atoms with Crippen LogP contribution in [0.1, 0.15) is 36.6 Å². The first-order chi connectivity index (χ1) is 10.1. The van der Waals surface area contributed by atoms with Crippen molar-refractivity contribution in [2.24, 2.45) is 0 Å². The Hall–Kier alpha value is -1.32. The van der Waals surface area contributed by atoms with Crippen molar-refractivity contribution < 1.29 is 4.74 Å². The minimum absolute atomic E-state index is 0.287. The maximum atomic E-state index is 6.03. The van der Waals surface area contributed by atoms with Crippen molar-refractivity contribution in [3.05, 3.63) is 63.6 Å². The van der Waals surface area contributed by atoms with E-state index in [4.69, 9.17) is 4.74 Å². The molecule has 21 heavy (non-hydrogen) atoms. The lowest BCUT2D eigenvalue weighted by Crippen LogP contribution is -2.18. The highest BCUT2D eigenvalue weighted by molar-refractivity contribution is 9.10. The van der Waals surface area contributed by atoms with Gasteiger partial charge in [0.15, 0.2) is 0 Å². The Labute approximate surface area is 135 Å². The van der Waals surface area contributed by atoms with Crippen molar-refractivity contribution in [3.8, 4) is 5.75 Å². The molecule has 2 aromatic rings. The molecule has 0 aliphatic heterocycles. The summed E-state index contributed by atoms with van der Waals surface area (Å²) in [4.78, 5) is 0. The minimum Gasteiger partial charge on any atom is -0.489 e. The first-order valence-electron chi connectivity index (χ1n) is 7.31. The molecule has 1 unspecified atom stereocenters. The van der Waals surface area contributed by atoms with Crippen LogP contribution in [0.2, 0.25) is 0 Å². The van der Waals surface area contributed by atoms with Crippen LogP contribution in [-0.2, 0) is 6.61 Å². The molecule has 112 valence electrons. The summed E-state index contributed by atoms with van der Waals surface area (Å²) in [5.41, 5.74) is 3.64. The second-order valence-electron chi connectivity index (χ2n) is 5.24. The quantitative estimate of drug-likeness (QED) is 0.793. The molecule has 0 bridgehead atoms. The van der Waals surface area contributed by atoms with Gasteiger partial charge in [0, 0.05) is 16.1 Å². The van der Waals surface area contributed by atoms with E-state index in [-0.39, 0.29) is 6.04 Å². The lowest BCUT2D eigenvalue weighted by molar-refractivity contribution is 0.300. The number of ether oxygens (including phenoxy) is 1. The van der Waals surface area contributed by atoms with Crippen LogP contribution in [0.4, 0.5) is 0 Å². The fraction of sp³-hybridized carbons (Fsp3) is 0.333. The van der Waals surface area contributed by atoms with E-state index in [0.717, 1.165) is 16.8 Å². The number of rotatable bonds is 6. The Morgan fingerprint density at radius 2 is 1.86 bits per heavy atom. The molecule has 0 aliphatic carbocycles. The van der Waals surface area contributed by atoms with Gasteiger partial charge in [0.2, 0.25) is 0 Å². The molecule has 2 rings (SSSR count). The summed E-state index contributed by atoms with van der Waals surface area (Å²) < 4.78 is 7.12. The fourth-order valence-corrected chi connectivity index (χ4v) is 2.56. The van der Waals surface area contributed by atoms with Crippen LogP contribution in [0.15, 0.2) is 46.9 Å². The van der Waals surface area contributed by atoms with Gasteiger partial charge < -0.3 is 10.1 Å². The largest absolute Gasteiger partial charge is 0.489 e. The molecule has 2 nitrogen and oxygen atoms in total. The predicted octanol–water partition coefficient (Wildman–Crippen LogP) is 5.01. The Morgan fingerprint density at radius 1 is 1.14 bits per heavy atom. The fourth-order valence-electron chi connectivity index (χ4n) is 2.30. The highest BCUT2D eigenvalue weighted by atomic mass is 79.9. The van der Waals surface area contributed by atoms with Gasteiger partial charge in [-0.2, -0.15) is 0 Å². The van der Waals surface area contributed by atoms with E-state index in [0.29, 0.717) is 6.61 Å². The van der Waals surface area contributed by atoms with Crippen LogP contribution >= 0.6 is 15.9 Å². The normalized spacial score (nSPS) is 12.2. The van der Waals surface area contributed by atoms with Gasteiger partial charge >= 0.3 is 0 Å². The monoisotopic (exact) mass is 347 g/mol. The van der Waals surface area contributed by atoms with E-state index in [9.17, 15) is 0 Å². The van der Waals surface area contributed by atoms with Gasteiger partial charge in [-0.25, -0.2) is 0 Å². The van der Waals surface area contributed by atoms with Crippen LogP contribution in [0.25, 0.3) is 0 Å². The van der Waals surface area contributed by atoms with E-state index in [2.05, 4.69) is 72.3 Å². The maximum absolute atomic E-state index is 6.03. The number of halogens is 1. The molecular formula is C18H22BrNO. The molecule has 0 amide bonds. The molecule has 0 aliphatic rings. The summed E-state index contributed by atoms with van der Waals surface area (Å²) in [5.74, 6) is 0.956. The highest BCUT2D eigenvalue weighted by Crippen LogP contribution is 2.27. The van der Waals surface area contributed by atoms with Crippen molar-refractivity contribution in [3.63, 3.8) is 0 Å². The number of hydrogen-bond acceptors (Lipinski definition) is 2. The number of nitrogens with one attached hydrogen (secondary N) is 1. The van der Waals surface area contributed by atoms with Crippen molar-refractivity contribution in [2.75, 3.05) is 6.54 Å². The molecule has 3 heteroatoms. The first-order valence-corrected chi connectivity index (χ1v) is 8.10. The molecule has 0 aromatic heterocycles. The van der Waals surface area contributed by atoms with E-state index in [1.807, 2.05) is 12.1 Å². The Bertz CT molecular complexity index is 580. The van der Waals surface area contributed by atoms with Gasteiger partial charge in [0.25, 0.3) is 0 Å². The van der Waals surface area contributed by atoms with Gasteiger partial charge in [-0.15, -0.1) is 0 Å². The molecule has 0 saturated heterocycles. The summed E-state index contributed by atoms with van der Waals surface area (Å²) >= 11 is 3.45. The minimum atomic E-state index is 0.287. The lowest BCUT2D eigenvalue weighted by Gasteiger charge is -2.18. The standard InChI is InChI=1S/C18H22BrNO/c1-4-20-14(3)17-11-13(2)5-10-18(17)21-12-15-6-8-16(19)9-7-15/h5-11,14,20H,4,12H2,1-3H3. The van der Waals surface area contributed by atoms with Crippen molar-refractivity contribution in [1.82, 2.24) is 5.32 Å². The van der Waals surface area contributed by atoms with Gasteiger partial charge in [-0.1, -0.05) is 52.7 Å². The highest BCUT2D eigenvalue weighted by Gasteiger charge is 2.11. The molecule has 0 heterocycles. The summed E-state index contributed by atoms with van der Waals surface area (Å²) in [7, 11) is 0. The summed E-state index contributed by atoms with van der Waals surface area (Å²) in [5, 5.41) is 3.45. The average molecular weight is 348 g/mol. The van der Waals surface area contributed by atoms with Crippen LogP contribution in [0.3, 0.4) is 0 Å². The Kier molecular flexibility index (Phi) is 5.83. The second kappa shape index (κ2) is 7.62. The zero-order valence-corrected chi connectivity index (χ0v) is 14.4. The topological polar surface area (TPSA) is 21.3 Å². The van der Waals surface area contributed by atoms with E-state index < -0.39 is 0 Å². The molecule has 0 fully saturated rings. The molecule has 0 saturated carbocycles. The van der Waals surface area contributed by atoms with Crippen LogP contribution in [0, 0.1) is 6.92 Å². The smallest absolute Gasteiger partial charge is 0.124 e. The SMILES string of the molecule is CCNC(C)c1cc(C)ccc1OCc1ccc(Br)cc1. The number of hydrogen-bond donors (Lipinski definition) is 1. The number of benzene rings is 2. The van der Waals surface area contributed by atoms with E-state index in [1.54, 1.807) is 0 Å². The summed E-state index contributed by atoms with van der Waals surface area (Å²) in [6.45, 7) is 7.93. The third kappa shape index (κ3) is 4.58. The number of aryl methyl sites for hydroxylation is 1. The van der Waals surface area contributed by atoms with Crippen molar-refractivity contribution in [2.45, 2.75) is 33.4 Å². The third-order valence-corrected chi connectivity index (χ3v) is 3.98. The molecule has 2 aromatic carbocycles. The van der Waals surface area contributed by atoms with Crippen LogP contribution < -0.4 is 10.1 Å². The maximum Gasteiger partial charge on any atom is 0.124 e. The van der Waals surface area contributed by atoms with Crippen LogP contribution in [-0.4, -0.2) is 6.54 Å². The third-order valence-electron chi connectivity index (χ3n) is 3.45. The lowest BCUT2D eigenvalue weighted by atomic mass is 10.0. The predicted molar refractivity (Wildman–Crippen MR) is 91.7 cm³/mol. The van der Waals surface area contributed by atoms with Gasteiger partial charge in [-0.05, 0) is 44.2 Å².